The number of ether oxygens (including phenoxy) is 3. The molecule has 0 aliphatic carbocycles. The highest BCUT2D eigenvalue weighted by Crippen LogP contribution is 2.23. The van der Waals surface area contributed by atoms with Crippen LogP contribution in [0.3, 0.4) is 0 Å². The minimum absolute atomic E-state index is 0.283. The van der Waals surface area contributed by atoms with Crippen molar-refractivity contribution in [3.05, 3.63) is 52.8 Å². The highest BCUT2D eigenvalue weighted by molar-refractivity contribution is 7.16. The van der Waals surface area contributed by atoms with Gasteiger partial charge in [-0.25, -0.2) is 0 Å². The number of thiazole rings is 1. The molecule has 0 spiro atoms. The molecule has 1 heterocycles. The molecule has 0 saturated heterocycles. The van der Waals surface area contributed by atoms with E-state index in [0.717, 1.165) is 34.6 Å². The van der Waals surface area contributed by atoms with E-state index in [-0.39, 0.29) is 5.91 Å². The Morgan fingerprint density at radius 3 is 2.52 bits per heavy atom. The molecule has 154 valence electrons. The molecule has 0 aliphatic heterocycles. The van der Waals surface area contributed by atoms with Crippen molar-refractivity contribution in [3.8, 4) is 11.5 Å². The fourth-order valence-electron chi connectivity index (χ4n) is 2.84. The summed E-state index contributed by atoms with van der Waals surface area (Å²) in [6.45, 7) is 3.94. The van der Waals surface area contributed by atoms with Crippen LogP contribution in [0.15, 0.2) is 47.5 Å². The standard InChI is InChI=1S/C22H26N2O4S/c1-4-5-13-28-17-8-6-16(7-9-17)21(25)23-22-24(12-14-26-2)19-11-10-18(27-3)15-20(19)29-22/h6-11,15H,4-5,12-14H2,1-3H3. The molecule has 29 heavy (non-hydrogen) atoms. The number of aromatic nitrogens is 1. The highest BCUT2D eigenvalue weighted by atomic mass is 32.1. The average Bonchev–Trinajstić information content (AvgIpc) is 3.08. The van der Waals surface area contributed by atoms with Crippen molar-refractivity contribution >= 4 is 27.5 Å². The molecule has 1 amide bonds. The third-order valence-corrected chi connectivity index (χ3v) is 5.52. The van der Waals surface area contributed by atoms with E-state index in [9.17, 15) is 4.79 Å². The summed E-state index contributed by atoms with van der Waals surface area (Å²) in [7, 11) is 3.29. The molecule has 6 nitrogen and oxygen atoms in total. The second kappa shape index (κ2) is 10.2. The van der Waals surface area contributed by atoms with Crippen LogP contribution in [0.5, 0.6) is 11.5 Å². The van der Waals surface area contributed by atoms with E-state index in [0.29, 0.717) is 30.1 Å². The number of nitrogens with zero attached hydrogens (tertiary/aromatic N) is 2. The van der Waals surface area contributed by atoms with Crippen LogP contribution in [0.1, 0.15) is 30.1 Å². The van der Waals surface area contributed by atoms with Crippen molar-refractivity contribution in [1.82, 2.24) is 4.57 Å². The Kier molecular flexibility index (Phi) is 7.43. The zero-order valence-corrected chi connectivity index (χ0v) is 17.8. The Morgan fingerprint density at radius 2 is 1.83 bits per heavy atom. The minimum atomic E-state index is -0.283. The summed E-state index contributed by atoms with van der Waals surface area (Å²) in [5, 5.41) is 0. The number of unbranched alkanes of at least 4 members (excludes halogenated alkanes) is 1. The number of methoxy groups -OCH3 is 2. The zero-order chi connectivity index (χ0) is 20.6. The molecule has 7 heteroatoms. The number of benzene rings is 2. The Bertz CT molecular complexity index is 1020. The SMILES string of the molecule is CCCCOc1ccc(C(=O)N=c2sc3cc(OC)ccc3n2CCOC)cc1. The van der Waals surface area contributed by atoms with Crippen LogP contribution in [-0.4, -0.2) is 37.9 Å². The summed E-state index contributed by atoms with van der Waals surface area (Å²) in [5.74, 6) is 1.25. The zero-order valence-electron chi connectivity index (χ0n) is 17.0. The van der Waals surface area contributed by atoms with Crippen LogP contribution in [-0.2, 0) is 11.3 Å². The van der Waals surface area contributed by atoms with Gasteiger partial charge >= 0.3 is 0 Å². The molecule has 0 atom stereocenters. The number of carbonyl (C=O) groups excluding carboxylic acids is 1. The lowest BCUT2D eigenvalue weighted by Crippen LogP contribution is -2.19. The second-order valence-electron chi connectivity index (χ2n) is 6.51. The molecule has 0 radical (unpaired) electrons. The summed E-state index contributed by atoms with van der Waals surface area (Å²) in [6, 6.07) is 13.0. The van der Waals surface area contributed by atoms with Gasteiger partial charge in [0.15, 0.2) is 4.80 Å². The number of fused-ring (bicyclic) bond motifs is 1. The summed E-state index contributed by atoms with van der Waals surface area (Å²) in [5.41, 5.74) is 1.53. The van der Waals surface area contributed by atoms with Crippen molar-refractivity contribution in [2.45, 2.75) is 26.3 Å². The molecule has 0 saturated carbocycles. The monoisotopic (exact) mass is 414 g/mol. The molecule has 3 rings (SSSR count). The van der Waals surface area contributed by atoms with Crippen molar-refractivity contribution in [3.63, 3.8) is 0 Å². The Morgan fingerprint density at radius 1 is 1.07 bits per heavy atom. The van der Waals surface area contributed by atoms with Gasteiger partial charge < -0.3 is 18.8 Å². The molecule has 0 fully saturated rings. The molecular formula is C22H26N2O4S. The maximum Gasteiger partial charge on any atom is 0.279 e. The van der Waals surface area contributed by atoms with Crippen molar-refractivity contribution in [1.29, 1.82) is 0 Å². The van der Waals surface area contributed by atoms with E-state index in [1.165, 1.54) is 11.3 Å². The fraction of sp³-hybridized carbons (Fsp3) is 0.364. The maximum absolute atomic E-state index is 12.7. The van der Waals surface area contributed by atoms with Gasteiger partial charge in [0, 0.05) is 19.2 Å². The second-order valence-corrected chi connectivity index (χ2v) is 7.52. The third-order valence-electron chi connectivity index (χ3n) is 4.47. The van der Waals surface area contributed by atoms with Gasteiger partial charge in [-0.3, -0.25) is 4.79 Å². The first-order valence-electron chi connectivity index (χ1n) is 9.64. The average molecular weight is 415 g/mol. The molecule has 0 bridgehead atoms. The number of amides is 1. The molecule has 0 N–H and O–H groups in total. The largest absolute Gasteiger partial charge is 0.497 e. The summed E-state index contributed by atoms with van der Waals surface area (Å²) < 4.78 is 19.2. The predicted octanol–water partition coefficient (Wildman–Crippen LogP) is 4.28. The van der Waals surface area contributed by atoms with E-state index < -0.39 is 0 Å². The van der Waals surface area contributed by atoms with E-state index in [1.807, 2.05) is 34.9 Å². The summed E-state index contributed by atoms with van der Waals surface area (Å²) in [4.78, 5) is 17.8. The lowest BCUT2D eigenvalue weighted by Gasteiger charge is -2.06. The van der Waals surface area contributed by atoms with Crippen molar-refractivity contribution in [2.24, 2.45) is 4.99 Å². The first-order chi connectivity index (χ1) is 14.2. The fourth-order valence-corrected chi connectivity index (χ4v) is 3.93. The highest BCUT2D eigenvalue weighted by Gasteiger charge is 2.10. The lowest BCUT2D eigenvalue weighted by atomic mass is 10.2. The van der Waals surface area contributed by atoms with E-state index >= 15 is 0 Å². The first kappa shape index (κ1) is 21.1. The molecule has 0 aliphatic rings. The Labute approximate surface area is 174 Å². The van der Waals surface area contributed by atoms with Crippen LogP contribution in [0.2, 0.25) is 0 Å². The summed E-state index contributed by atoms with van der Waals surface area (Å²) >= 11 is 1.46. The van der Waals surface area contributed by atoms with Crippen molar-refractivity contribution in [2.75, 3.05) is 27.4 Å². The van der Waals surface area contributed by atoms with Gasteiger partial charge in [0.25, 0.3) is 5.91 Å². The number of hydrogen-bond donors (Lipinski definition) is 0. The normalized spacial score (nSPS) is 11.8. The van der Waals surface area contributed by atoms with Crippen LogP contribution in [0.25, 0.3) is 10.2 Å². The third kappa shape index (κ3) is 5.25. The van der Waals surface area contributed by atoms with Gasteiger partial charge in [-0.2, -0.15) is 4.99 Å². The van der Waals surface area contributed by atoms with Gasteiger partial charge in [-0.1, -0.05) is 24.7 Å². The van der Waals surface area contributed by atoms with Crippen molar-refractivity contribution < 1.29 is 19.0 Å². The molecule has 3 aromatic rings. The molecule has 2 aromatic carbocycles. The Hall–Kier alpha value is -2.64. The minimum Gasteiger partial charge on any atom is -0.497 e. The molecule has 1 aromatic heterocycles. The molecule has 0 unspecified atom stereocenters. The number of carbonyl (C=O) groups is 1. The van der Waals surface area contributed by atoms with E-state index in [4.69, 9.17) is 14.2 Å². The van der Waals surface area contributed by atoms with Gasteiger partial charge in [0.05, 0.1) is 30.5 Å². The molecular weight excluding hydrogens is 388 g/mol. The smallest absolute Gasteiger partial charge is 0.279 e. The summed E-state index contributed by atoms with van der Waals surface area (Å²) in [6.07, 6.45) is 2.09. The van der Waals surface area contributed by atoms with Gasteiger partial charge in [0.2, 0.25) is 0 Å². The van der Waals surface area contributed by atoms with Gasteiger partial charge in [0.1, 0.15) is 11.5 Å². The van der Waals surface area contributed by atoms with Crippen LogP contribution in [0, 0.1) is 0 Å². The van der Waals surface area contributed by atoms with Gasteiger partial charge in [-0.05, 0) is 48.9 Å². The van der Waals surface area contributed by atoms with Crippen LogP contribution in [0.4, 0.5) is 0 Å². The topological polar surface area (TPSA) is 62.0 Å². The van der Waals surface area contributed by atoms with Crippen LogP contribution >= 0.6 is 11.3 Å². The van der Waals surface area contributed by atoms with Crippen LogP contribution < -0.4 is 14.3 Å². The Balaban J connectivity index is 1.90. The number of hydrogen-bond acceptors (Lipinski definition) is 5. The predicted molar refractivity (Wildman–Crippen MR) is 115 cm³/mol. The quantitative estimate of drug-likeness (QED) is 0.491. The van der Waals surface area contributed by atoms with Gasteiger partial charge in [-0.15, -0.1) is 0 Å². The lowest BCUT2D eigenvalue weighted by molar-refractivity contribution is 0.0997. The van der Waals surface area contributed by atoms with E-state index in [2.05, 4.69) is 11.9 Å². The number of rotatable bonds is 9. The maximum atomic E-state index is 12.7. The first-order valence-corrected chi connectivity index (χ1v) is 10.5. The van der Waals surface area contributed by atoms with E-state index in [1.54, 1.807) is 26.4 Å².